The summed E-state index contributed by atoms with van der Waals surface area (Å²) in [4.78, 5) is 28.7. The Balaban J connectivity index is 2.28. The SMILES string of the molecule is CCCCCC/C(=N\OC(C)=O)C(=O)c1cn(C)c2ccccc12. The van der Waals surface area contributed by atoms with Gasteiger partial charge < -0.3 is 9.40 Å². The molecule has 0 atom stereocenters. The molecule has 24 heavy (non-hydrogen) atoms. The lowest BCUT2D eigenvalue weighted by Crippen LogP contribution is -2.15. The van der Waals surface area contributed by atoms with Crippen LogP contribution in [0.2, 0.25) is 0 Å². The van der Waals surface area contributed by atoms with Gasteiger partial charge >= 0.3 is 5.97 Å². The van der Waals surface area contributed by atoms with E-state index in [2.05, 4.69) is 12.1 Å². The molecule has 0 saturated heterocycles. The third kappa shape index (κ3) is 4.31. The maximum Gasteiger partial charge on any atom is 0.331 e. The van der Waals surface area contributed by atoms with Crippen LogP contribution < -0.4 is 0 Å². The molecule has 1 aromatic heterocycles. The van der Waals surface area contributed by atoms with Crippen molar-refractivity contribution >= 4 is 28.4 Å². The Labute approximate surface area is 142 Å². The summed E-state index contributed by atoms with van der Waals surface area (Å²) in [5.41, 5.74) is 1.88. The fourth-order valence-electron chi connectivity index (χ4n) is 2.72. The number of carbonyl (C=O) groups excluding carboxylic acids is 2. The Morgan fingerprint density at radius 1 is 1.17 bits per heavy atom. The van der Waals surface area contributed by atoms with Crippen LogP contribution in [0.25, 0.3) is 10.9 Å². The average molecular weight is 328 g/mol. The number of ketones is 1. The Bertz CT molecular complexity index is 759. The molecule has 0 aliphatic rings. The van der Waals surface area contributed by atoms with Crippen LogP contribution in [-0.2, 0) is 16.7 Å². The van der Waals surface area contributed by atoms with Crippen molar-refractivity contribution in [3.05, 3.63) is 36.0 Å². The molecule has 5 nitrogen and oxygen atoms in total. The highest BCUT2D eigenvalue weighted by molar-refractivity contribution is 6.47. The predicted molar refractivity (Wildman–Crippen MR) is 95.2 cm³/mol. The number of rotatable bonds is 8. The second kappa shape index (κ2) is 8.43. The second-order valence-electron chi connectivity index (χ2n) is 5.93. The van der Waals surface area contributed by atoms with E-state index in [0.717, 1.165) is 36.6 Å². The molecule has 0 unspecified atom stereocenters. The van der Waals surface area contributed by atoms with Crippen molar-refractivity contribution in [2.75, 3.05) is 0 Å². The summed E-state index contributed by atoms with van der Waals surface area (Å²) in [5, 5.41) is 4.70. The number of hydrogen-bond donors (Lipinski definition) is 0. The van der Waals surface area contributed by atoms with E-state index < -0.39 is 5.97 Å². The lowest BCUT2D eigenvalue weighted by Gasteiger charge is -2.04. The molecular weight excluding hydrogens is 304 g/mol. The molecule has 0 amide bonds. The topological polar surface area (TPSA) is 60.7 Å². The first-order valence-electron chi connectivity index (χ1n) is 8.37. The van der Waals surface area contributed by atoms with E-state index in [1.165, 1.54) is 6.92 Å². The van der Waals surface area contributed by atoms with Crippen molar-refractivity contribution in [3.8, 4) is 0 Å². The lowest BCUT2D eigenvalue weighted by molar-refractivity contribution is -0.140. The number of aromatic nitrogens is 1. The number of oxime groups is 1. The van der Waals surface area contributed by atoms with Crippen LogP contribution in [0.1, 0.15) is 56.3 Å². The largest absolute Gasteiger partial charge is 0.350 e. The zero-order chi connectivity index (χ0) is 17.5. The van der Waals surface area contributed by atoms with E-state index in [0.29, 0.717) is 17.7 Å². The first-order valence-corrected chi connectivity index (χ1v) is 8.37. The van der Waals surface area contributed by atoms with Gasteiger partial charge in [0.05, 0.1) is 0 Å². The number of hydrogen-bond acceptors (Lipinski definition) is 4. The molecule has 0 fully saturated rings. The zero-order valence-electron chi connectivity index (χ0n) is 14.5. The van der Waals surface area contributed by atoms with E-state index in [1.54, 1.807) is 0 Å². The molecule has 1 heterocycles. The van der Waals surface area contributed by atoms with Crippen molar-refractivity contribution < 1.29 is 14.4 Å². The van der Waals surface area contributed by atoms with Crippen LogP contribution in [-0.4, -0.2) is 22.0 Å². The number of nitrogens with zero attached hydrogens (tertiary/aromatic N) is 2. The summed E-state index contributed by atoms with van der Waals surface area (Å²) in [6.45, 7) is 3.41. The van der Waals surface area contributed by atoms with Crippen LogP contribution in [0, 0.1) is 0 Å². The van der Waals surface area contributed by atoms with Gasteiger partial charge in [-0.05, 0) is 18.9 Å². The molecule has 0 N–H and O–H groups in total. The van der Waals surface area contributed by atoms with E-state index in [-0.39, 0.29) is 5.78 Å². The summed E-state index contributed by atoms with van der Waals surface area (Å²) in [6, 6.07) is 7.73. The van der Waals surface area contributed by atoms with Crippen molar-refractivity contribution in [1.82, 2.24) is 4.57 Å². The Morgan fingerprint density at radius 3 is 2.62 bits per heavy atom. The minimum absolute atomic E-state index is 0.176. The first-order chi connectivity index (χ1) is 11.5. The summed E-state index contributed by atoms with van der Waals surface area (Å²) < 4.78 is 1.92. The average Bonchev–Trinajstić information content (AvgIpc) is 2.91. The van der Waals surface area contributed by atoms with Gasteiger partial charge in [-0.25, -0.2) is 4.79 Å². The Kier molecular flexibility index (Phi) is 6.29. The van der Waals surface area contributed by atoms with Crippen LogP contribution in [0.4, 0.5) is 0 Å². The number of fused-ring (bicyclic) bond motifs is 1. The third-order valence-corrected chi connectivity index (χ3v) is 3.96. The number of carbonyl (C=O) groups is 2. The van der Waals surface area contributed by atoms with Crippen LogP contribution in [0.5, 0.6) is 0 Å². The van der Waals surface area contributed by atoms with Crippen molar-refractivity contribution in [1.29, 1.82) is 0 Å². The quantitative estimate of drug-likeness (QED) is 0.239. The van der Waals surface area contributed by atoms with E-state index in [9.17, 15) is 9.59 Å². The number of unbranched alkanes of at least 4 members (excludes halogenated alkanes) is 3. The Morgan fingerprint density at radius 2 is 1.92 bits per heavy atom. The molecule has 1 aromatic carbocycles. The number of Topliss-reactive ketones (excluding diaryl/α,β-unsaturated/α-hetero) is 1. The molecule has 0 saturated carbocycles. The summed E-state index contributed by atoms with van der Waals surface area (Å²) in [7, 11) is 1.91. The minimum Gasteiger partial charge on any atom is -0.350 e. The van der Waals surface area contributed by atoms with Crippen molar-refractivity contribution in [2.45, 2.75) is 46.0 Å². The molecule has 2 rings (SSSR count). The highest BCUT2D eigenvalue weighted by atomic mass is 16.7. The highest BCUT2D eigenvalue weighted by Crippen LogP contribution is 2.22. The second-order valence-corrected chi connectivity index (χ2v) is 5.93. The van der Waals surface area contributed by atoms with Gasteiger partial charge in [-0.3, -0.25) is 4.79 Å². The summed E-state index contributed by atoms with van der Waals surface area (Å²) in [6.07, 6.45) is 6.43. The third-order valence-electron chi connectivity index (χ3n) is 3.96. The zero-order valence-corrected chi connectivity index (χ0v) is 14.5. The Hall–Kier alpha value is -2.43. The minimum atomic E-state index is -0.522. The molecule has 0 aliphatic carbocycles. The van der Waals surface area contributed by atoms with Gasteiger partial charge in [0.1, 0.15) is 5.71 Å². The smallest absolute Gasteiger partial charge is 0.331 e. The molecule has 0 spiro atoms. The normalized spacial score (nSPS) is 11.7. The fraction of sp³-hybridized carbons (Fsp3) is 0.421. The molecule has 2 aromatic rings. The van der Waals surface area contributed by atoms with Crippen LogP contribution in [0.15, 0.2) is 35.6 Å². The highest BCUT2D eigenvalue weighted by Gasteiger charge is 2.20. The van der Waals surface area contributed by atoms with Gasteiger partial charge in [0.15, 0.2) is 0 Å². The summed E-state index contributed by atoms with van der Waals surface area (Å²) in [5.74, 6) is -0.698. The number of aryl methyl sites for hydroxylation is 1. The van der Waals surface area contributed by atoms with Gasteiger partial charge in [0.2, 0.25) is 5.78 Å². The fourth-order valence-corrected chi connectivity index (χ4v) is 2.72. The maximum atomic E-state index is 12.9. The molecule has 5 heteroatoms. The van der Waals surface area contributed by atoms with E-state index in [1.807, 2.05) is 42.1 Å². The van der Waals surface area contributed by atoms with Crippen LogP contribution in [0.3, 0.4) is 0 Å². The predicted octanol–water partition coefficient (Wildman–Crippen LogP) is 4.25. The lowest BCUT2D eigenvalue weighted by atomic mass is 10.0. The van der Waals surface area contributed by atoms with Crippen molar-refractivity contribution in [2.24, 2.45) is 12.2 Å². The number of para-hydroxylation sites is 1. The van der Waals surface area contributed by atoms with Gasteiger partial charge in [-0.1, -0.05) is 49.5 Å². The number of benzene rings is 1. The van der Waals surface area contributed by atoms with E-state index in [4.69, 9.17) is 4.84 Å². The molecule has 0 radical (unpaired) electrons. The van der Waals surface area contributed by atoms with Gasteiger partial charge in [-0.15, -0.1) is 0 Å². The van der Waals surface area contributed by atoms with Gasteiger partial charge in [0, 0.05) is 36.6 Å². The van der Waals surface area contributed by atoms with Crippen LogP contribution >= 0.6 is 0 Å². The molecule has 0 aliphatic heterocycles. The maximum absolute atomic E-state index is 12.9. The van der Waals surface area contributed by atoms with Crippen molar-refractivity contribution in [3.63, 3.8) is 0 Å². The monoisotopic (exact) mass is 328 g/mol. The standard InChI is InChI=1S/C19H24N2O3/c1-4-5-6-7-11-17(20-24-14(2)22)19(23)16-13-21(3)18-12-9-8-10-15(16)18/h8-10,12-13H,4-7,11H2,1-3H3/b20-17+. The van der Waals surface area contributed by atoms with E-state index >= 15 is 0 Å². The summed E-state index contributed by atoms with van der Waals surface area (Å²) >= 11 is 0. The molecule has 0 bridgehead atoms. The first kappa shape index (κ1) is 17.9. The molecular formula is C19H24N2O3. The molecule has 128 valence electrons. The van der Waals surface area contributed by atoms with Gasteiger partial charge in [0.25, 0.3) is 0 Å². The van der Waals surface area contributed by atoms with Gasteiger partial charge in [-0.2, -0.15) is 0 Å².